The molecule has 1 rings (SSSR count). The number of halogens is 4. The monoisotopic (exact) mass is 287 g/mol. The van der Waals surface area contributed by atoms with Crippen LogP contribution in [-0.2, 0) is 14.6 Å². The number of anilines is 1. The second kappa shape index (κ2) is 5.11. The van der Waals surface area contributed by atoms with Crippen LogP contribution in [-0.4, -0.2) is 27.1 Å². The van der Waals surface area contributed by atoms with Crippen molar-refractivity contribution in [2.45, 2.75) is 11.3 Å². The van der Waals surface area contributed by atoms with E-state index in [-0.39, 0.29) is 5.69 Å². The SMILES string of the molecule is Nc1cc(F)cc(S(=O)(=O)CCOC(F)(F)F)c1. The number of hydrogen-bond donors (Lipinski definition) is 1. The number of rotatable bonds is 4. The van der Waals surface area contributed by atoms with Crippen LogP contribution < -0.4 is 5.73 Å². The third-order valence-electron chi connectivity index (χ3n) is 1.87. The molecule has 4 nitrogen and oxygen atoms in total. The maximum absolute atomic E-state index is 12.9. The summed E-state index contributed by atoms with van der Waals surface area (Å²) in [5.74, 6) is -1.81. The van der Waals surface area contributed by atoms with E-state index in [0.29, 0.717) is 6.07 Å². The van der Waals surface area contributed by atoms with Crippen LogP contribution in [0.1, 0.15) is 0 Å². The Kier molecular flexibility index (Phi) is 4.17. The van der Waals surface area contributed by atoms with Crippen molar-refractivity contribution in [3.05, 3.63) is 24.0 Å². The average Bonchev–Trinajstić information content (AvgIpc) is 2.13. The van der Waals surface area contributed by atoms with Gasteiger partial charge in [0.15, 0.2) is 9.84 Å². The molecule has 0 heterocycles. The van der Waals surface area contributed by atoms with Crippen molar-refractivity contribution in [2.75, 3.05) is 18.1 Å². The van der Waals surface area contributed by atoms with Crippen LogP contribution in [0.2, 0.25) is 0 Å². The summed E-state index contributed by atoms with van der Waals surface area (Å²) in [5.41, 5.74) is 5.10. The molecular weight excluding hydrogens is 278 g/mol. The lowest BCUT2D eigenvalue weighted by Gasteiger charge is -2.08. The topological polar surface area (TPSA) is 69.4 Å². The van der Waals surface area contributed by atoms with Crippen molar-refractivity contribution in [2.24, 2.45) is 0 Å². The van der Waals surface area contributed by atoms with Gasteiger partial charge in [-0.25, -0.2) is 12.8 Å². The van der Waals surface area contributed by atoms with Crippen LogP contribution in [0.5, 0.6) is 0 Å². The Balaban J connectivity index is 2.80. The summed E-state index contributed by atoms with van der Waals surface area (Å²) in [5, 5.41) is 0. The van der Waals surface area contributed by atoms with E-state index in [2.05, 4.69) is 4.74 Å². The zero-order valence-corrected chi connectivity index (χ0v) is 9.68. The van der Waals surface area contributed by atoms with Crippen molar-refractivity contribution in [3.63, 3.8) is 0 Å². The molecule has 0 atom stereocenters. The van der Waals surface area contributed by atoms with E-state index in [0.717, 1.165) is 12.1 Å². The Morgan fingerprint density at radius 2 is 1.83 bits per heavy atom. The lowest BCUT2D eigenvalue weighted by Crippen LogP contribution is -2.20. The Morgan fingerprint density at radius 1 is 1.22 bits per heavy atom. The third-order valence-corrected chi connectivity index (χ3v) is 3.53. The van der Waals surface area contributed by atoms with Gasteiger partial charge in [-0.2, -0.15) is 0 Å². The minimum atomic E-state index is -4.91. The van der Waals surface area contributed by atoms with Gasteiger partial charge in [0.1, 0.15) is 5.82 Å². The molecule has 0 saturated heterocycles. The zero-order chi connectivity index (χ0) is 14.0. The van der Waals surface area contributed by atoms with E-state index < -0.39 is 39.3 Å². The molecule has 2 N–H and O–H groups in total. The number of ether oxygens (including phenoxy) is 1. The molecular formula is C9H9F4NO3S. The molecule has 0 aliphatic carbocycles. The minimum absolute atomic E-state index is 0.134. The summed E-state index contributed by atoms with van der Waals surface area (Å²) in [4.78, 5) is -0.481. The first-order valence-electron chi connectivity index (χ1n) is 4.60. The lowest BCUT2D eigenvalue weighted by molar-refractivity contribution is -0.322. The molecule has 18 heavy (non-hydrogen) atoms. The van der Waals surface area contributed by atoms with Gasteiger partial charge in [-0.15, -0.1) is 13.2 Å². The van der Waals surface area contributed by atoms with Gasteiger partial charge in [0, 0.05) is 5.69 Å². The molecule has 1 aromatic rings. The van der Waals surface area contributed by atoms with Gasteiger partial charge < -0.3 is 5.73 Å². The van der Waals surface area contributed by atoms with Crippen LogP contribution in [0.4, 0.5) is 23.2 Å². The lowest BCUT2D eigenvalue weighted by atomic mass is 10.3. The fourth-order valence-corrected chi connectivity index (χ4v) is 2.30. The molecule has 102 valence electrons. The molecule has 0 bridgehead atoms. The molecule has 0 fully saturated rings. The van der Waals surface area contributed by atoms with Gasteiger partial charge in [-0.1, -0.05) is 0 Å². The molecule has 9 heteroatoms. The molecule has 1 aromatic carbocycles. The number of nitrogen functional groups attached to an aromatic ring is 1. The number of benzene rings is 1. The fourth-order valence-electron chi connectivity index (χ4n) is 1.15. The van der Waals surface area contributed by atoms with E-state index in [4.69, 9.17) is 5.73 Å². The molecule has 0 radical (unpaired) electrons. The van der Waals surface area contributed by atoms with Gasteiger partial charge in [-0.05, 0) is 18.2 Å². The summed E-state index contributed by atoms with van der Waals surface area (Å²) in [6, 6.07) is 2.54. The Labute approximate surface area is 100 Å². The van der Waals surface area contributed by atoms with Crippen LogP contribution in [0.25, 0.3) is 0 Å². The number of alkyl halides is 3. The highest BCUT2D eigenvalue weighted by molar-refractivity contribution is 7.91. The van der Waals surface area contributed by atoms with Crippen molar-refractivity contribution in [3.8, 4) is 0 Å². The summed E-state index contributed by atoms with van der Waals surface area (Å²) in [6.07, 6.45) is -4.91. The van der Waals surface area contributed by atoms with Gasteiger partial charge >= 0.3 is 6.36 Å². The van der Waals surface area contributed by atoms with E-state index in [9.17, 15) is 26.0 Å². The fraction of sp³-hybridized carbons (Fsp3) is 0.333. The summed E-state index contributed by atoms with van der Waals surface area (Å²) in [6.45, 7) is -1.07. The number of nitrogens with two attached hydrogens (primary N) is 1. The first-order valence-corrected chi connectivity index (χ1v) is 6.25. The Hall–Kier alpha value is -1.35. The van der Waals surface area contributed by atoms with Crippen LogP contribution >= 0.6 is 0 Å². The van der Waals surface area contributed by atoms with Gasteiger partial charge in [-0.3, -0.25) is 4.74 Å². The summed E-state index contributed by atoms with van der Waals surface area (Å²) < 4.78 is 74.4. The molecule has 0 spiro atoms. The van der Waals surface area contributed by atoms with Gasteiger partial charge in [0.2, 0.25) is 0 Å². The maximum atomic E-state index is 12.9. The largest absolute Gasteiger partial charge is 0.522 e. The van der Waals surface area contributed by atoms with Crippen molar-refractivity contribution in [1.82, 2.24) is 0 Å². The minimum Gasteiger partial charge on any atom is -0.399 e. The second-order valence-electron chi connectivity index (χ2n) is 3.33. The van der Waals surface area contributed by atoms with Gasteiger partial charge in [0.25, 0.3) is 0 Å². The number of hydrogen-bond acceptors (Lipinski definition) is 4. The Bertz CT molecular complexity index is 507. The third kappa shape index (κ3) is 4.49. The molecule has 0 aliphatic heterocycles. The summed E-state index contributed by atoms with van der Waals surface area (Å²) >= 11 is 0. The predicted octanol–water partition coefficient (Wildman–Crippen LogP) is 1.72. The number of sulfone groups is 1. The highest BCUT2D eigenvalue weighted by atomic mass is 32.2. The quantitative estimate of drug-likeness (QED) is 0.676. The van der Waals surface area contributed by atoms with Crippen molar-refractivity contribution >= 4 is 15.5 Å². The molecule has 0 aliphatic rings. The molecule has 0 amide bonds. The van der Waals surface area contributed by atoms with Crippen LogP contribution in [0.3, 0.4) is 0 Å². The van der Waals surface area contributed by atoms with E-state index >= 15 is 0 Å². The van der Waals surface area contributed by atoms with Crippen LogP contribution in [0.15, 0.2) is 23.1 Å². The maximum Gasteiger partial charge on any atom is 0.522 e. The highest BCUT2D eigenvalue weighted by Crippen LogP contribution is 2.19. The standard InChI is InChI=1S/C9H9F4NO3S/c10-6-3-7(14)5-8(4-6)18(15,16)2-1-17-9(11,12)13/h3-5H,1-2,14H2. The van der Waals surface area contributed by atoms with E-state index in [1.807, 2.05) is 0 Å². The van der Waals surface area contributed by atoms with Crippen molar-refractivity contribution < 1.29 is 30.7 Å². The van der Waals surface area contributed by atoms with E-state index in [1.54, 1.807) is 0 Å². The van der Waals surface area contributed by atoms with Crippen molar-refractivity contribution in [1.29, 1.82) is 0 Å². The average molecular weight is 287 g/mol. The molecule has 0 saturated carbocycles. The zero-order valence-electron chi connectivity index (χ0n) is 8.87. The normalized spacial score (nSPS) is 12.7. The Morgan fingerprint density at radius 3 is 2.33 bits per heavy atom. The first-order chi connectivity index (χ1) is 8.10. The molecule has 0 aromatic heterocycles. The second-order valence-corrected chi connectivity index (χ2v) is 5.44. The molecule has 0 unspecified atom stereocenters. The van der Waals surface area contributed by atoms with E-state index in [1.165, 1.54) is 0 Å². The smallest absolute Gasteiger partial charge is 0.399 e. The predicted molar refractivity (Wildman–Crippen MR) is 54.9 cm³/mol. The highest BCUT2D eigenvalue weighted by Gasteiger charge is 2.30. The first kappa shape index (κ1) is 14.7. The van der Waals surface area contributed by atoms with Gasteiger partial charge in [0.05, 0.1) is 17.3 Å². The summed E-state index contributed by atoms with van der Waals surface area (Å²) in [7, 11) is -4.07. The van der Waals surface area contributed by atoms with Crippen LogP contribution in [0, 0.1) is 5.82 Å².